The molecule has 0 radical (unpaired) electrons. The minimum atomic E-state index is -0.0444. The molecule has 5 nitrogen and oxygen atoms in total. The molecule has 164 valence electrons. The lowest BCUT2D eigenvalue weighted by Crippen LogP contribution is -2.23. The van der Waals surface area contributed by atoms with Crippen LogP contribution in [0.2, 0.25) is 10.0 Å². The summed E-state index contributed by atoms with van der Waals surface area (Å²) in [6, 6.07) is 10.7. The van der Waals surface area contributed by atoms with E-state index in [1.807, 2.05) is 18.2 Å². The van der Waals surface area contributed by atoms with Crippen molar-refractivity contribution in [2.45, 2.75) is 39.7 Å². The summed E-state index contributed by atoms with van der Waals surface area (Å²) in [6.45, 7) is 5.78. The second kappa shape index (κ2) is 12.6. The molecule has 0 fully saturated rings. The molecule has 0 unspecified atom stereocenters. The molecule has 1 N–H and O–H groups in total. The Morgan fingerprint density at radius 2 is 1.73 bits per heavy atom. The molecule has 0 atom stereocenters. The van der Waals surface area contributed by atoms with Gasteiger partial charge in [0.25, 0.3) is 0 Å². The van der Waals surface area contributed by atoms with Gasteiger partial charge in [-0.3, -0.25) is 4.79 Å². The molecule has 0 heterocycles. The number of halogens is 2. The molecule has 0 spiro atoms. The molecule has 0 saturated carbocycles. The van der Waals surface area contributed by atoms with Crippen LogP contribution < -0.4 is 19.5 Å². The lowest BCUT2D eigenvalue weighted by molar-refractivity contribution is -0.121. The molecule has 30 heavy (non-hydrogen) atoms. The van der Waals surface area contributed by atoms with Crippen molar-refractivity contribution in [3.05, 3.63) is 52.0 Å². The monoisotopic (exact) mass is 453 g/mol. The number of carbonyl (C=O) groups is 1. The standard InChI is InChI=1S/C23H29Cl2NO4/c1-16(2)10-12-30-21-8-6-17(13-22(21)28-3)15-26-23(27)5-4-11-29-20-9-7-18(24)14-19(20)25/h6-9,13-14,16H,4-5,10-12,15H2,1-3H3,(H,26,27). The lowest BCUT2D eigenvalue weighted by Gasteiger charge is -2.13. The first-order chi connectivity index (χ1) is 14.4. The number of hydrogen-bond donors (Lipinski definition) is 1. The Bertz CT molecular complexity index is 827. The maximum atomic E-state index is 12.1. The number of methoxy groups -OCH3 is 1. The number of hydrogen-bond acceptors (Lipinski definition) is 4. The van der Waals surface area contributed by atoms with Crippen LogP contribution in [0.3, 0.4) is 0 Å². The minimum Gasteiger partial charge on any atom is -0.493 e. The highest BCUT2D eigenvalue weighted by Gasteiger charge is 2.08. The van der Waals surface area contributed by atoms with Crippen molar-refractivity contribution in [2.75, 3.05) is 20.3 Å². The van der Waals surface area contributed by atoms with Crippen molar-refractivity contribution in [1.29, 1.82) is 0 Å². The number of benzene rings is 2. The molecule has 0 aliphatic rings. The van der Waals surface area contributed by atoms with Crippen molar-refractivity contribution < 1.29 is 19.0 Å². The number of nitrogens with one attached hydrogen (secondary N) is 1. The van der Waals surface area contributed by atoms with Gasteiger partial charge in [0.15, 0.2) is 11.5 Å². The molecule has 7 heteroatoms. The van der Waals surface area contributed by atoms with E-state index in [4.69, 9.17) is 37.4 Å². The van der Waals surface area contributed by atoms with E-state index in [-0.39, 0.29) is 5.91 Å². The Balaban J connectivity index is 1.73. The van der Waals surface area contributed by atoms with E-state index >= 15 is 0 Å². The van der Waals surface area contributed by atoms with Crippen LogP contribution in [0.4, 0.5) is 0 Å². The highest BCUT2D eigenvalue weighted by Crippen LogP contribution is 2.29. The second-order valence-electron chi connectivity index (χ2n) is 7.32. The van der Waals surface area contributed by atoms with Crippen molar-refractivity contribution in [1.82, 2.24) is 5.32 Å². The van der Waals surface area contributed by atoms with E-state index in [1.54, 1.807) is 25.3 Å². The van der Waals surface area contributed by atoms with Crippen LogP contribution in [0.1, 0.15) is 38.7 Å². The fourth-order valence-electron chi connectivity index (χ4n) is 2.64. The predicted molar refractivity (Wildman–Crippen MR) is 121 cm³/mol. The Morgan fingerprint density at radius 1 is 1.00 bits per heavy atom. The third kappa shape index (κ3) is 8.33. The van der Waals surface area contributed by atoms with Crippen LogP contribution in [0.25, 0.3) is 0 Å². The Hall–Kier alpha value is -2.11. The van der Waals surface area contributed by atoms with Gasteiger partial charge < -0.3 is 19.5 Å². The first kappa shape index (κ1) is 24.2. The van der Waals surface area contributed by atoms with Crippen LogP contribution in [-0.4, -0.2) is 26.2 Å². The van der Waals surface area contributed by atoms with Crippen molar-refractivity contribution in [3.63, 3.8) is 0 Å². The fourth-order valence-corrected chi connectivity index (χ4v) is 3.10. The van der Waals surface area contributed by atoms with Gasteiger partial charge in [-0.2, -0.15) is 0 Å². The number of carbonyl (C=O) groups excluding carboxylic acids is 1. The summed E-state index contributed by atoms with van der Waals surface area (Å²) in [7, 11) is 1.61. The van der Waals surface area contributed by atoms with Gasteiger partial charge in [0.1, 0.15) is 5.75 Å². The SMILES string of the molecule is COc1cc(CNC(=O)CCCOc2ccc(Cl)cc2Cl)ccc1OCCC(C)C. The summed E-state index contributed by atoms with van der Waals surface area (Å²) in [4.78, 5) is 12.1. The van der Waals surface area contributed by atoms with Crippen LogP contribution in [-0.2, 0) is 11.3 Å². The van der Waals surface area contributed by atoms with Gasteiger partial charge in [0.05, 0.1) is 25.3 Å². The largest absolute Gasteiger partial charge is 0.493 e. The second-order valence-corrected chi connectivity index (χ2v) is 8.16. The summed E-state index contributed by atoms with van der Waals surface area (Å²) in [5, 5.41) is 3.92. The normalized spacial score (nSPS) is 10.7. The molecule has 2 aromatic rings. The Kier molecular flexibility index (Phi) is 10.1. The molecule has 0 aliphatic carbocycles. The molecule has 0 aromatic heterocycles. The van der Waals surface area contributed by atoms with Gasteiger partial charge >= 0.3 is 0 Å². The van der Waals surface area contributed by atoms with Crippen LogP contribution in [0.5, 0.6) is 17.2 Å². The molecule has 2 aromatic carbocycles. The van der Waals surface area contributed by atoms with E-state index in [2.05, 4.69) is 19.2 Å². The van der Waals surface area contributed by atoms with Crippen molar-refractivity contribution in [2.24, 2.45) is 5.92 Å². The highest BCUT2D eigenvalue weighted by atomic mass is 35.5. The van der Waals surface area contributed by atoms with Gasteiger partial charge in [-0.1, -0.05) is 43.1 Å². The van der Waals surface area contributed by atoms with Gasteiger partial charge in [0.2, 0.25) is 5.91 Å². The molecular weight excluding hydrogens is 425 g/mol. The zero-order valence-corrected chi connectivity index (χ0v) is 19.2. The number of amides is 1. The van der Waals surface area contributed by atoms with Crippen LogP contribution in [0, 0.1) is 5.92 Å². The van der Waals surface area contributed by atoms with E-state index in [0.29, 0.717) is 65.8 Å². The summed E-state index contributed by atoms with van der Waals surface area (Å²) >= 11 is 11.9. The highest BCUT2D eigenvalue weighted by molar-refractivity contribution is 6.35. The zero-order chi connectivity index (χ0) is 21.9. The smallest absolute Gasteiger partial charge is 0.220 e. The molecule has 1 amide bonds. The number of ether oxygens (including phenoxy) is 3. The Morgan fingerprint density at radius 3 is 2.43 bits per heavy atom. The third-order valence-electron chi connectivity index (χ3n) is 4.37. The van der Waals surface area contributed by atoms with Crippen molar-refractivity contribution >= 4 is 29.1 Å². The van der Waals surface area contributed by atoms with E-state index in [9.17, 15) is 4.79 Å². The maximum absolute atomic E-state index is 12.1. The van der Waals surface area contributed by atoms with Crippen LogP contribution >= 0.6 is 23.2 Å². The predicted octanol–water partition coefficient (Wildman–Crippen LogP) is 5.90. The molecule has 0 bridgehead atoms. The zero-order valence-electron chi connectivity index (χ0n) is 17.7. The van der Waals surface area contributed by atoms with Gasteiger partial charge in [0, 0.05) is 18.0 Å². The molecule has 0 saturated heterocycles. The summed E-state index contributed by atoms with van der Waals surface area (Å²) < 4.78 is 16.8. The fraction of sp³-hybridized carbons (Fsp3) is 0.435. The average Bonchev–Trinajstić information content (AvgIpc) is 2.71. The first-order valence-electron chi connectivity index (χ1n) is 10.0. The van der Waals surface area contributed by atoms with E-state index in [1.165, 1.54) is 0 Å². The molecular formula is C23H29Cl2NO4. The summed E-state index contributed by atoms with van der Waals surface area (Å²) in [5.74, 6) is 2.48. The Labute approximate surface area is 188 Å². The van der Waals surface area contributed by atoms with E-state index < -0.39 is 0 Å². The lowest BCUT2D eigenvalue weighted by atomic mass is 10.1. The average molecular weight is 454 g/mol. The first-order valence-corrected chi connectivity index (χ1v) is 10.8. The minimum absolute atomic E-state index is 0.0444. The maximum Gasteiger partial charge on any atom is 0.220 e. The number of rotatable bonds is 12. The van der Waals surface area contributed by atoms with Gasteiger partial charge in [-0.25, -0.2) is 0 Å². The van der Waals surface area contributed by atoms with Gasteiger partial charge in [-0.15, -0.1) is 0 Å². The summed E-state index contributed by atoms with van der Waals surface area (Å²) in [6.07, 6.45) is 1.92. The molecule has 2 rings (SSSR count). The van der Waals surface area contributed by atoms with Crippen LogP contribution in [0.15, 0.2) is 36.4 Å². The third-order valence-corrected chi connectivity index (χ3v) is 4.90. The molecule has 0 aliphatic heterocycles. The topological polar surface area (TPSA) is 56.8 Å². The quantitative estimate of drug-likeness (QED) is 0.406. The van der Waals surface area contributed by atoms with E-state index in [0.717, 1.165) is 12.0 Å². The van der Waals surface area contributed by atoms with Gasteiger partial charge in [-0.05, 0) is 54.7 Å². The summed E-state index contributed by atoms with van der Waals surface area (Å²) in [5.41, 5.74) is 0.945. The van der Waals surface area contributed by atoms with Crippen molar-refractivity contribution in [3.8, 4) is 17.2 Å².